The molecular formula is C23H26N6O4S. The van der Waals surface area contributed by atoms with E-state index in [0.717, 1.165) is 22.0 Å². The molecule has 178 valence electrons. The van der Waals surface area contributed by atoms with Gasteiger partial charge in [-0.05, 0) is 38.5 Å². The van der Waals surface area contributed by atoms with E-state index in [2.05, 4.69) is 24.8 Å². The van der Waals surface area contributed by atoms with E-state index in [1.165, 1.54) is 17.1 Å². The molecule has 0 aliphatic carbocycles. The van der Waals surface area contributed by atoms with Gasteiger partial charge in [-0.25, -0.2) is 18.1 Å². The molecule has 0 unspecified atom stereocenters. The number of hydrogen-bond acceptors (Lipinski definition) is 8. The van der Waals surface area contributed by atoms with Crippen LogP contribution in [0.15, 0.2) is 53.8 Å². The van der Waals surface area contributed by atoms with Crippen LogP contribution in [0.25, 0.3) is 22.2 Å². The number of nitrogens with one attached hydrogen (secondary N) is 1. The molecule has 0 spiro atoms. The first-order chi connectivity index (χ1) is 16.0. The normalized spacial score (nSPS) is 12.1. The minimum atomic E-state index is -3.97. The van der Waals surface area contributed by atoms with Crippen molar-refractivity contribution in [2.24, 2.45) is 7.05 Å². The van der Waals surface area contributed by atoms with Crippen molar-refractivity contribution in [1.29, 1.82) is 0 Å². The molecule has 0 bridgehead atoms. The van der Waals surface area contributed by atoms with E-state index < -0.39 is 15.6 Å². The summed E-state index contributed by atoms with van der Waals surface area (Å²) in [6.07, 6.45) is 4.70. The second-order valence-electron chi connectivity index (χ2n) is 8.61. The molecule has 0 amide bonds. The zero-order chi connectivity index (χ0) is 24.5. The molecule has 0 atom stereocenters. The van der Waals surface area contributed by atoms with Crippen molar-refractivity contribution in [3.63, 3.8) is 0 Å². The molecule has 10 nitrogen and oxygen atoms in total. The SMILES string of the molecule is Cc1ccc2ncccc2c1-c1cc(OCCC(C)(C)O)nc(NS(=O)(=O)c2cnn(C)c2)n1. The smallest absolute Gasteiger partial charge is 0.267 e. The van der Waals surface area contributed by atoms with Crippen molar-refractivity contribution in [1.82, 2.24) is 24.7 Å². The molecular weight excluding hydrogens is 456 g/mol. The van der Waals surface area contributed by atoms with E-state index in [-0.39, 0.29) is 23.3 Å². The molecule has 1 aromatic carbocycles. The number of nitrogens with zero attached hydrogens (tertiary/aromatic N) is 5. The lowest BCUT2D eigenvalue weighted by molar-refractivity contribution is 0.0547. The average molecular weight is 483 g/mol. The number of ether oxygens (including phenoxy) is 1. The zero-order valence-corrected chi connectivity index (χ0v) is 20.2. The summed E-state index contributed by atoms with van der Waals surface area (Å²) in [6.45, 7) is 5.49. The largest absolute Gasteiger partial charge is 0.477 e. The van der Waals surface area contributed by atoms with Gasteiger partial charge in [0.1, 0.15) is 4.90 Å². The van der Waals surface area contributed by atoms with Gasteiger partial charge in [-0.3, -0.25) is 9.67 Å². The van der Waals surface area contributed by atoms with Crippen molar-refractivity contribution in [3.8, 4) is 17.1 Å². The number of hydrogen-bond donors (Lipinski definition) is 2. The molecule has 0 radical (unpaired) electrons. The summed E-state index contributed by atoms with van der Waals surface area (Å²) in [7, 11) is -2.34. The minimum Gasteiger partial charge on any atom is -0.477 e. The standard InChI is InChI=1S/C23H26N6O4S/c1-15-7-8-18-17(6-5-10-24-18)21(15)19-12-20(33-11-9-23(2,3)30)27-22(26-19)28-34(31,32)16-13-25-29(4)14-16/h5-8,10,12-14,30H,9,11H2,1-4H3,(H,26,27,28). The highest BCUT2D eigenvalue weighted by Crippen LogP contribution is 2.32. The quantitative estimate of drug-likeness (QED) is 0.392. The molecule has 34 heavy (non-hydrogen) atoms. The summed E-state index contributed by atoms with van der Waals surface area (Å²) in [5, 5.41) is 14.8. The second kappa shape index (κ2) is 8.99. The van der Waals surface area contributed by atoms with Crippen LogP contribution < -0.4 is 9.46 Å². The molecule has 0 aliphatic rings. The van der Waals surface area contributed by atoms with Crippen LogP contribution in [0.5, 0.6) is 5.88 Å². The van der Waals surface area contributed by atoms with Crippen molar-refractivity contribution in [2.45, 2.75) is 37.7 Å². The van der Waals surface area contributed by atoms with Gasteiger partial charge in [-0.2, -0.15) is 10.1 Å². The Labute approximate surface area is 197 Å². The number of benzene rings is 1. The summed E-state index contributed by atoms with van der Waals surface area (Å²) in [6, 6.07) is 9.27. The Morgan fingerprint density at radius 3 is 2.71 bits per heavy atom. The van der Waals surface area contributed by atoms with E-state index in [1.54, 1.807) is 33.2 Å². The molecule has 0 saturated carbocycles. The first-order valence-electron chi connectivity index (χ1n) is 10.6. The van der Waals surface area contributed by atoms with Crippen LogP contribution in [-0.4, -0.2) is 50.5 Å². The summed E-state index contributed by atoms with van der Waals surface area (Å²) < 4.78 is 35.3. The fourth-order valence-corrected chi connectivity index (χ4v) is 4.32. The van der Waals surface area contributed by atoms with Crippen LogP contribution in [0.2, 0.25) is 0 Å². The lowest BCUT2D eigenvalue weighted by Crippen LogP contribution is -2.22. The van der Waals surface area contributed by atoms with Gasteiger partial charge in [0, 0.05) is 42.9 Å². The number of aryl methyl sites for hydroxylation is 2. The van der Waals surface area contributed by atoms with Gasteiger partial charge in [0.2, 0.25) is 11.8 Å². The third-order valence-electron chi connectivity index (χ3n) is 5.13. The Balaban J connectivity index is 1.79. The first kappa shape index (κ1) is 23.6. The number of aromatic nitrogens is 5. The first-order valence-corrected chi connectivity index (χ1v) is 12.1. The van der Waals surface area contributed by atoms with Crippen molar-refractivity contribution in [3.05, 3.63) is 54.5 Å². The Kier molecular flexibility index (Phi) is 6.24. The van der Waals surface area contributed by atoms with Crippen LogP contribution in [0.1, 0.15) is 25.8 Å². The highest BCUT2D eigenvalue weighted by molar-refractivity contribution is 7.92. The van der Waals surface area contributed by atoms with Gasteiger partial charge < -0.3 is 9.84 Å². The number of aliphatic hydroxyl groups is 1. The number of fused-ring (bicyclic) bond motifs is 1. The van der Waals surface area contributed by atoms with Crippen molar-refractivity contribution < 1.29 is 18.3 Å². The summed E-state index contributed by atoms with van der Waals surface area (Å²) in [5.41, 5.74) is 2.07. The highest BCUT2D eigenvalue weighted by Gasteiger charge is 2.21. The second-order valence-corrected chi connectivity index (χ2v) is 10.3. The average Bonchev–Trinajstić information content (AvgIpc) is 3.19. The van der Waals surface area contributed by atoms with Gasteiger partial charge in [0.15, 0.2) is 0 Å². The molecule has 3 heterocycles. The fraction of sp³-hybridized carbons (Fsp3) is 0.304. The van der Waals surface area contributed by atoms with E-state index >= 15 is 0 Å². The van der Waals surface area contributed by atoms with Crippen LogP contribution in [0.4, 0.5) is 5.95 Å². The maximum absolute atomic E-state index is 12.9. The predicted octanol–water partition coefficient (Wildman–Crippen LogP) is 3.07. The lowest BCUT2D eigenvalue weighted by atomic mass is 10.00. The third kappa shape index (κ3) is 5.32. The minimum absolute atomic E-state index is 0.0148. The highest BCUT2D eigenvalue weighted by atomic mass is 32.2. The Morgan fingerprint density at radius 1 is 1.21 bits per heavy atom. The summed E-state index contributed by atoms with van der Waals surface area (Å²) in [4.78, 5) is 13.2. The Morgan fingerprint density at radius 2 is 2.00 bits per heavy atom. The van der Waals surface area contributed by atoms with Gasteiger partial charge in [-0.1, -0.05) is 12.1 Å². The van der Waals surface area contributed by atoms with Crippen LogP contribution >= 0.6 is 0 Å². The Bertz CT molecular complexity index is 1440. The topological polar surface area (TPSA) is 132 Å². The van der Waals surface area contributed by atoms with Crippen LogP contribution in [0.3, 0.4) is 0 Å². The number of rotatable bonds is 8. The maximum Gasteiger partial charge on any atom is 0.267 e. The predicted molar refractivity (Wildman–Crippen MR) is 128 cm³/mol. The van der Waals surface area contributed by atoms with E-state index in [9.17, 15) is 13.5 Å². The van der Waals surface area contributed by atoms with E-state index in [1.807, 2.05) is 31.2 Å². The molecule has 0 saturated heterocycles. The molecule has 0 aliphatic heterocycles. The summed E-state index contributed by atoms with van der Waals surface area (Å²) in [5.74, 6) is 0.0401. The monoisotopic (exact) mass is 482 g/mol. The fourth-order valence-electron chi connectivity index (χ4n) is 3.40. The molecule has 11 heteroatoms. The van der Waals surface area contributed by atoms with E-state index in [4.69, 9.17) is 4.74 Å². The van der Waals surface area contributed by atoms with Crippen LogP contribution in [0, 0.1) is 6.92 Å². The van der Waals surface area contributed by atoms with Gasteiger partial charge in [0.25, 0.3) is 10.0 Å². The molecule has 4 rings (SSSR count). The molecule has 4 aromatic rings. The number of pyridine rings is 1. The number of anilines is 1. The van der Waals surface area contributed by atoms with E-state index in [0.29, 0.717) is 12.1 Å². The molecule has 3 aromatic heterocycles. The van der Waals surface area contributed by atoms with Gasteiger partial charge in [-0.15, -0.1) is 0 Å². The molecule has 0 fully saturated rings. The summed E-state index contributed by atoms with van der Waals surface area (Å²) >= 11 is 0. The lowest BCUT2D eigenvalue weighted by Gasteiger charge is -2.17. The maximum atomic E-state index is 12.9. The van der Waals surface area contributed by atoms with Crippen LogP contribution in [-0.2, 0) is 17.1 Å². The number of sulfonamides is 1. The zero-order valence-electron chi connectivity index (χ0n) is 19.3. The Hall–Kier alpha value is -3.57. The van der Waals surface area contributed by atoms with Gasteiger partial charge in [0.05, 0.1) is 29.6 Å². The van der Waals surface area contributed by atoms with Crippen molar-refractivity contribution >= 4 is 26.9 Å². The third-order valence-corrected chi connectivity index (χ3v) is 6.42. The molecule has 2 N–H and O–H groups in total. The van der Waals surface area contributed by atoms with Gasteiger partial charge >= 0.3 is 0 Å². The van der Waals surface area contributed by atoms with Crippen molar-refractivity contribution in [2.75, 3.05) is 11.3 Å².